The molecule has 0 N–H and O–H groups in total. The van der Waals surface area contributed by atoms with Crippen molar-refractivity contribution in [2.24, 2.45) is 0 Å². The smallest absolute Gasteiger partial charge is 0.137 e. The Labute approximate surface area is 318 Å². The first-order valence-corrected chi connectivity index (χ1v) is 19.2. The lowest BCUT2D eigenvalue weighted by atomic mass is 9.82. The van der Waals surface area contributed by atoms with Crippen LogP contribution in [0.5, 0.6) is 0 Å². The summed E-state index contributed by atoms with van der Waals surface area (Å²) in [4.78, 5) is 0. The van der Waals surface area contributed by atoms with E-state index in [1.165, 1.54) is 82.7 Å². The van der Waals surface area contributed by atoms with E-state index >= 15 is 0 Å². The van der Waals surface area contributed by atoms with Crippen LogP contribution in [0.3, 0.4) is 0 Å². The molecule has 3 heterocycles. The molecule has 0 unspecified atom stereocenters. The minimum atomic E-state index is -0.142. The minimum absolute atomic E-state index is 0.142. The third-order valence-corrected chi connectivity index (χ3v) is 12.3. The average molecular weight is 705 g/mol. The fourth-order valence-electron chi connectivity index (χ4n) is 9.71. The molecule has 260 valence electrons. The number of benzene rings is 8. The largest absolute Gasteiger partial charge is 0.456 e. The first-order chi connectivity index (χ1) is 26.9. The summed E-state index contributed by atoms with van der Waals surface area (Å²) in [5.74, 6) is 0. The van der Waals surface area contributed by atoms with Crippen molar-refractivity contribution in [3.63, 3.8) is 0 Å². The van der Waals surface area contributed by atoms with Gasteiger partial charge in [0.25, 0.3) is 0 Å². The highest BCUT2D eigenvalue weighted by atomic mass is 16.3. The van der Waals surface area contributed by atoms with Crippen molar-refractivity contribution in [1.29, 1.82) is 0 Å². The molecule has 1 aliphatic rings. The van der Waals surface area contributed by atoms with Crippen LogP contribution < -0.4 is 0 Å². The molecular weight excluding hydrogens is 669 g/mol. The molecule has 11 aromatic rings. The van der Waals surface area contributed by atoms with Gasteiger partial charge in [-0.1, -0.05) is 98.8 Å². The third-order valence-electron chi connectivity index (χ3n) is 12.3. The summed E-state index contributed by atoms with van der Waals surface area (Å²) < 4.78 is 11.2. The molecule has 3 heteroatoms. The van der Waals surface area contributed by atoms with Crippen molar-refractivity contribution in [3.05, 3.63) is 180 Å². The van der Waals surface area contributed by atoms with Crippen molar-refractivity contribution in [2.75, 3.05) is 0 Å². The maximum Gasteiger partial charge on any atom is 0.137 e. The Kier molecular flexibility index (Phi) is 6.05. The zero-order valence-corrected chi connectivity index (χ0v) is 30.9. The quantitative estimate of drug-likeness (QED) is 0.180. The lowest BCUT2D eigenvalue weighted by Gasteiger charge is -2.22. The second kappa shape index (κ2) is 10.9. The Bertz CT molecular complexity index is 3410. The highest BCUT2D eigenvalue weighted by Gasteiger charge is 2.36. The van der Waals surface area contributed by atoms with E-state index < -0.39 is 0 Å². The molecule has 1 aliphatic carbocycles. The highest BCUT2D eigenvalue weighted by molar-refractivity contribution is 6.18. The number of fused-ring (bicyclic) bond motifs is 12. The van der Waals surface area contributed by atoms with Crippen LogP contribution in [0, 0.1) is 6.92 Å². The Hall–Kier alpha value is -6.84. The Morgan fingerprint density at radius 3 is 1.93 bits per heavy atom. The second-order valence-electron chi connectivity index (χ2n) is 15.9. The normalized spacial score (nSPS) is 13.5. The van der Waals surface area contributed by atoms with Gasteiger partial charge in [-0.25, -0.2) is 0 Å². The second-order valence-corrected chi connectivity index (χ2v) is 15.9. The van der Waals surface area contributed by atoms with E-state index in [0.717, 1.165) is 33.1 Å². The van der Waals surface area contributed by atoms with E-state index in [2.05, 4.69) is 188 Å². The fourth-order valence-corrected chi connectivity index (χ4v) is 9.71. The maximum atomic E-state index is 6.39. The van der Waals surface area contributed by atoms with E-state index in [1.807, 2.05) is 6.07 Å². The minimum Gasteiger partial charge on any atom is -0.456 e. The third kappa shape index (κ3) is 4.21. The van der Waals surface area contributed by atoms with Gasteiger partial charge in [-0.15, -0.1) is 0 Å². The topological polar surface area (TPSA) is 23.0 Å². The van der Waals surface area contributed by atoms with Gasteiger partial charge in [0.1, 0.15) is 11.2 Å². The number of rotatable bonds is 3. The van der Waals surface area contributed by atoms with Crippen LogP contribution >= 0.6 is 0 Å². The predicted molar refractivity (Wildman–Crippen MR) is 230 cm³/mol. The maximum absolute atomic E-state index is 6.39. The Morgan fingerprint density at radius 2 is 1.05 bits per heavy atom. The van der Waals surface area contributed by atoms with E-state index in [9.17, 15) is 0 Å². The van der Waals surface area contributed by atoms with Gasteiger partial charge < -0.3 is 13.6 Å². The summed E-state index contributed by atoms with van der Waals surface area (Å²) in [5.41, 5.74) is 17.9. The Balaban J connectivity index is 1.07. The molecule has 0 spiro atoms. The summed E-state index contributed by atoms with van der Waals surface area (Å²) in [5, 5.41) is 7.32. The van der Waals surface area contributed by atoms with E-state index in [-0.39, 0.29) is 5.41 Å². The zero-order chi connectivity index (χ0) is 36.6. The molecule has 0 radical (unpaired) electrons. The Morgan fingerprint density at radius 1 is 0.400 bits per heavy atom. The first kappa shape index (κ1) is 30.6. The van der Waals surface area contributed by atoms with Gasteiger partial charge in [0.2, 0.25) is 0 Å². The standard InChI is InChI=1S/C52H36N2O/c1-31-12-11-15-35(24-31)54-46-18-9-7-16-36(46)41-27-39-38-25-32(20-22-44(38)52(2,3)45(39)29-48(41)54)33-21-23-47-40(26-33)42-28-43-37-17-8-10-19-50(37)55-51(43)30-49(42)53(47)34-13-5-4-6-14-34/h4-30H,1-3H3. The molecule has 3 aromatic heterocycles. The van der Waals surface area contributed by atoms with Gasteiger partial charge in [0, 0.05) is 55.2 Å². The summed E-state index contributed by atoms with van der Waals surface area (Å²) in [6.45, 7) is 6.94. The SMILES string of the molecule is Cc1cccc(-n2c3ccccc3c3cc4c(cc32)C(C)(C)c2ccc(-c3ccc5c(c3)c3cc6c(cc3n5-c3ccccc3)oc3ccccc36)cc2-4)c1. The predicted octanol–water partition coefficient (Wildman–Crippen LogP) is 14.1. The molecule has 3 nitrogen and oxygen atoms in total. The van der Waals surface area contributed by atoms with Crippen LogP contribution in [0.15, 0.2) is 168 Å². The number of aryl methyl sites for hydroxylation is 1. The van der Waals surface area contributed by atoms with Crippen LogP contribution in [0.4, 0.5) is 0 Å². The van der Waals surface area contributed by atoms with Crippen LogP contribution in [0.25, 0.3) is 99.2 Å². The van der Waals surface area contributed by atoms with Gasteiger partial charge >= 0.3 is 0 Å². The number of hydrogen-bond donors (Lipinski definition) is 0. The molecule has 55 heavy (non-hydrogen) atoms. The monoisotopic (exact) mass is 704 g/mol. The van der Waals surface area contributed by atoms with Gasteiger partial charge in [0.05, 0.1) is 22.1 Å². The van der Waals surface area contributed by atoms with Crippen molar-refractivity contribution < 1.29 is 4.42 Å². The molecular formula is C52H36N2O. The van der Waals surface area contributed by atoms with Gasteiger partial charge in [-0.05, 0) is 119 Å². The number of para-hydroxylation sites is 3. The van der Waals surface area contributed by atoms with Crippen molar-refractivity contribution in [1.82, 2.24) is 9.13 Å². The number of furan rings is 1. The summed E-state index contributed by atoms with van der Waals surface area (Å²) in [7, 11) is 0. The first-order valence-electron chi connectivity index (χ1n) is 19.2. The van der Waals surface area contributed by atoms with Gasteiger partial charge in [-0.3, -0.25) is 0 Å². The molecule has 0 atom stereocenters. The number of aromatic nitrogens is 2. The molecule has 8 aromatic carbocycles. The molecule has 12 rings (SSSR count). The molecule has 0 aliphatic heterocycles. The molecule has 0 bridgehead atoms. The van der Waals surface area contributed by atoms with Crippen LogP contribution in [0.1, 0.15) is 30.5 Å². The van der Waals surface area contributed by atoms with E-state index in [4.69, 9.17) is 4.42 Å². The van der Waals surface area contributed by atoms with Crippen molar-refractivity contribution in [2.45, 2.75) is 26.2 Å². The lowest BCUT2D eigenvalue weighted by molar-refractivity contribution is 0.661. The van der Waals surface area contributed by atoms with Crippen LogP contribution in [0.2, 0.25) is 0 Å². The highest BCUT2D eigenvalue weighted by Crippen LogP contribution is 2.52. The van der Waals surface area contributed by atoms with Gasteiger partial charge in [0.15, 0.2) is 0 Å². The molecule has 0 saturated carbocycles. The molecule has 0 fully saturated rings. The van der Waals surface area contributed by atoms with E-state index in [0.29, 0.717) is 0 Å². The average Bonchev–Trinajstić information content (AvgIpc) is 3.91. The van der Waals surface area contributed by atoms with Crippen LogP contribution in [-0.2, 0) is 5.41 Å². The summed E-state index contributed by atoms with van der Waals surface area (Å²) in [6, 6.07) is 60.3. The zero-order valence-electron chi connectivity index (χ0n) is 30.9. The molecule has 0 amide bonds. The van der Waals surface area contributed by atoms with Crippen molar-refractivity contribution in [3.8, 4) is 33.6 Å². The fraction of sp³-hybridized carbons (Fsp3) is 0.0769. The number of nitrogens with zero attached hydrogens (tertiary/aromatic N) is 2. The number of hydrogen-bond acceptors (Lipinski definition) is 1. The lowest BCUT2D eigenvalue weighted by Crippen LogP contribution is -2.15. The van der Waals surface area contributed by atoms with Gasteiger partial charge in [-0.2, -0.15) is 0 Å². The summed E-state index contributed by atoms with van der Waals surface area (Å²) in [6.07, 6.45) is 0. The molecule has 0 saturated heterocycles. The van der Waals surface area contributed by atoms with E-state index in [1.54, 1.807) is 0 Å². The van der Waals surface area contributed by atoms with Crippen molar-refractivity contribution >= 4 is 65.6 Å². The van der Waals surface area contributed by atoms with Crippen LogP contribution in [-0.4, -0.2) is 9.13 Å². The summed E-state index contributed by atoms with van der Waals surface area (Å²) >= 11 is 0.